The Kier molecular flexibility index (Phi) is 8.07. The second-order valence-electron chi connectivity index (χ2n) is 5.32. The molecule has 0 saturated carbocycles. The molecule has 0 unspecified atom stereocenters. The molecule has 4 N–H and O–H groups in total. The summed E-state index contributed by atoms with van der Waals surface area (Å²) in [7, 11) is 0. The molecule has 0 radical (unpaired) electrons. The summed E-state index contributed by atoms with van der Waals surface area (Å²) in [6, 6.07) is -1.04. The molecule has 19 heavy (non-hydrogen) atoms. The molecular weight excluding hydrogens is 244 g/mol. The summed E-state index contributed by atoms with van der Waals surface area (Å²) in [4.78, 5) is 23.0. The van der Waals surface area contributed by atoms with Gasteiger partial charge in [-0.3, -0.25) is 9.59 Å². The van der Waals surface area contributed by atoms with Crippen LogP contribution < -0.4 is 11.1 Å². The summed E-state index contributed by atoms with van der Waals surface area (Å²) in [5.74, 6) is -0.952. The maximum Gasteiger partial charge on any atom is 0.242 e. The van der Waals surface area contributed by atoms with Crippen LogP contribution in [0.4, 0.5) is 0 Å². The van der Waals surface area contributed by atoms with E-state index in [1.165, 1.54) is 0 Å². The average Bonchev–Trinajstić information content (AvgIpc) is 2.30. The van der Waals surface area contributed by atoms with Crippen molar-refractivity contribution in [1.82, 2.24) is 5.32 Å². The third-order valence-electron chi connectivity index (χ3n) is 2.88. The van der Waals surface area contributed by atoms with Gasteiger partial charge in [0.15, 0.2) is 0 Å². The predicted octanol–water partition coefficient (Wildman–Crippen LogP) is 0.966. The molecule has 0 aliphatic heterocycles. The molecule has 3 atom stereocenters. The maximum atomic E-state index is 11.7. The van der Waals surface area contributed by atoms with Crippen LogP contribution in [0.15, 0.2) is 12.2 Å². The van der Waals surface area contributed by atoms with Crippen LogP contribution in [0.25, 0.3) is 0 Å². The van der Waals surface area contributed by atoms with Crippen molar-refractivity contribution >= 4 is 11.8 Å². The number of nitrogens with one attached hydrogen (secondary N) is 1. The molecule has 5 heteroatoms. The fraction of sp³-hybridized carbons (Fsp3) is 0.714. The standard InChI is InChI=1S/C14H26N2O3/c1-5-6-7-10(4)13(18)12(14(15)19)16-11(17)8-9(2)3/h5-6,9-10,12-13,18H,7-8H2,1-4H3,(H2,15,19)(H,16,17)/b6-5+/t10-,12+,13-/m1/s1. The van der Waals surface area contributed by atoms with Gasteiger partial charge in [-0.15, -0.1) is 0 Å². The zero-order valence-electron chi connectivity index (χ0n) is 12.2. The van der Waals surface area contributed by atoms with Gasteiger partial charge in [0, 0.05) is 6.42 Å². The highest BCUT2D eigenvalue weighted by molar-refractivity contribution is 5.87. The van der Waals surface area contributed by atoms with Gasteiger partial charge in [0.1, 0.15) is 6.04 Å². The number of amides is 2. The fourth-order valence-corrected chi connectivity index (χ4v) is 1.75. The largest absolute Gasteiger partial charge is 0.390 e. The molecule has 0 fully saturated rings. The third-order valence-corrected chi connectivity index (χ3v) is 2.88. The number of nitrogens with two attached hydrogens (primary N) is 1. The van der Waals surface area contributed by atoms with Crippen LogP contribution in [0.2, 0.25) is 0 Å². The average molecular weight is 270 g/mol. The van der Waals surface area contributed by atoms with Crippen molar-refractivity contribution in [2.24, 2.45) is 17.6 Å². The zero-order valence-corrected chi connectivity index (χ0v) is 12.2. The first-order chi connectivity index (χ1) is 8.79. The van der Waals surface area contributed by atoms with E-state index in [0.29, 0.717) is 12.8 Å². The fourth-order valence-electron chi connectivity index (χ4n) is 1.75. The van der Waals surface area contributed by atoms with Gasteiger partial charge in [0.2, 0.25) is 11.8 Å². The lowest BCUT2D eigenvalue weighted by molar-refractivity contribution is -0.131. The molecule has 0 aliphatic rings. The van der Waals surface area contributed by atoms with Crippen molar-refractivity contribution in [2.75, 3.05) is 0 Å². The first-order valence-electron chi connectivity index (χ1n) is 6.67. The third kappa shape index (κ3) is 6.96. The van der Waals surface area contributed by atoms with E-state index in [9.17, 15) is 14.7 Å². The lowest BCUT2D eigenvalue weighted by Gasteiger charge is -2.26. The second-order valence-corrected chi connectivity index (χ2v) is 5.32. The zero-order chi connectivity index (χ0) is 15.0. The molecule has 0 aromatic rings. The predicted molar refractivity (Wildman–Crippen MR) is 75.2 cm³/mol. The molecule has 0 rings (SSSR count). The van der Waals surface area contributed by atoms with E-state index in [1.807, 2.05) is 39.8 Å². The minimum atomic E-state index is -1.04. The molecule has 0 heterocycles. The summed E-state index contributed by atoms with van der Waals surface area (Å²) in [5, 5.41) is 12.6. The van der Waals surface area contributed by atoms with Gasteiger partial charge in [-0.05, 0) is 25.2 Å². The van der Waals surface area contributed by atoms with Gasteiger partial charge < -0.3 is 16.2 Å². The van der Waals surface area contributed by atoms with Crippen LogP contribution in [0.5, 0.6) is 0 Å². The minimum Gasteiger partial charge on any atom is -0.390 e. The number of rotatable bonds is 8. The van der Waals surface area contributed by atoms with Crippen LogP contribution in [0.1, 0.15) is 40.5 Å². The molecule has 0 aromatic carbocycles. The molecule has 0 spiro atoms. The Hall–Kier alpha value is -1.36. The summed E-state index contributed by atoms with van der Waals surface area (Å²) >= 11 is 0. The van der Waals surface area contributed by atoms with Crippen molar-refractivity contribution in [3.8, 4) is 0 Å². The number of carbonyl (C=O) groups excluding carboxylic acids is 2. The Morgan fingerprint density at radius 2 is 1.89 bits per heavy atom. The van der Waals surface area contributed by atoms with Crippen LogP contribution in [-0.4, -0.2) is 29.1 Å². The van der Waals surface area contributed by atoms with Crippen molar-refractivity contribution in [2.45, 2.75) is 52.7 Å². The molecule has 0 bridgehead atoms. The van der Waals surface area contributed by atoms with Gasteiger partial charge in [0.05, 0.1) is 6.10 Å². The van der Waals surface area contributed by atoms with E-state index in [-0.39, 0.29) is 17.7 Å². The van der Waals surface area contributed by atoms with E-state index < -0.39 is 18.1 Å². The van der Waals surface area contributed by atoms with E-state index in [4.69, 9.17) is 5.73 Å². The Morgan fingerprint density at radius 1 is 1.32 bits per heavy atom. The first-order valence-corrected chi connectivity index (χ1v) is 6.67. The molecule has 2 amide bonds. The lowest BCUT2D eigenvalue weighted by atomic mass is 9.94. The topological polar surface area (TPSA) is 92.4 Å². The summed E-state index contributed by atoms with van der Waals surface area (Å²) < 4.78 is 0. The molecule has 110 valence electrons. The lowest BCUT2D eigenvalue weighted by Crippen LogP contribution is -2.53. The Bertz CT molecular complexity index is 327. The highest BCUT2D eigenvalue weighted by Gasteiger charge is 2.30. The SMILES string of the molecule is C/C=C/C[C@@H](C)[C@@H](O)[C@H](NC(=O)CC(C)C)C(N)=O. The quantitative estimate of drug-likeness (QED) is 0.574. The van der Waals surface area contributed by atoms with Crippen LogP contribution in [-0.2, 0) is 9.59 Å². The Balaban J connectivity index is 4.63. The Morgan fingerprint density at radius 3 is 2.32 bits per heavy atom. The molecule has 5 nitrogen and oxygen atoms in total. The van der Waals surface area contributed by atoms with Gasteiger partial charge in [-0.25, -0.2) is 0 Å². The van der Waals surface area contributed by atoms with Gasteiger partial charge in [-0.1, -0.05) is 32.9 Å². The molecule has 0 saturated heterocycles. The van der Waals surface area contributed by atoms with Crippen LogP contribution in [0, 0.1) is 11.8 Å². The van der Waals surface area contributed by atoms with Crippen molar-refractivity contribution < 1.29 is 14.7 Å². The number of aliphatic hydroxyl groups excluding tert-OH is 1. The summed E-state index contributed by atoms with van der Waals surface area (Å²) in [6.07, 6.45) is 3.73. The number of carbonyl (C=O) groups is 2. The molecule has 0 aliphatic carbocycles. The number of primary amides is 1. The van der Waals surface area contributed by atoms with Crippen molar-refractivity contribution in [1.29, 1.82) is 0 Å². The van der Waals surface area contributed by atoms with E-state index in [2.05, 4.69) is 5.32 Å². The van der Waals surface area contributed by atoms with Gasteiger partial charge in [-0.2, -0.15) is 0 Å². The Labute approximate surface area is 115 Å². The minimum absolute atomic E-state index is 0.159. The van der Waals surface area contributed by atoms with E-state index in [1.54, 1.807) is 0 Å². The summed E-state index contributed by atoms with van der Waals surface area (Å²) in [6.45, 7) is 7.51. The second kappa shape index (κ2) is 8.69. The highest BCUT2D eigenvalue weighted by atomic mass is 16.3. The monoisotopic (exact) mass is 270 g/mol. The maximum absolute atomic E-state index is 11.7. The molecule has 0 aromatic heterocycles. The van der Waals surface area contributed by atoms with Crippen LogP contribution in [0.3, 0.4) is 0 Å². The van der Waals surface area contributed by atoms with Gasteiger partial charge in [0.25, 0.3) is 0 Å². The van der Waals surface area contributed by atoms with E-state index >= 15 is 0 Å². The van der Waals surface area contributed by atoms with Crippen LogP contribution >= 0.6 is 0 Å². The number of aliphatic hydroxyl groups is 1. The van der Waals surface area contributed by atoms with Gasteiger partial charge >= 0.3 is 0 Å². The number of hydrogen-bond acceptors (Lipinski definition) is 3. The van der Waals surface area contributed by atoms with E-state index in [0.717, 1.165) is 0 Å². The van der Waals surface area contributed by atoms with Crippen molar-refractivity contribution in [3.63, 3.8) is 0 Å². The number of hydrogen-bond donors (Lipinski definition) is 3. The smallest absolute Gasteiger partial charge is 0.242 e. The first kappa shape index (κ1) is 17.6. The normalized spacial score (nSPS) is 16.3. The summed E-state index contributed by atoms with van der Waals surface area (Å²) in [5.41, 5.74) is 5.25. The number of allylic oxidation sites excluding steroid dienone is 2. The molecular formula is C14H26N2O3. The van der Waals surface area contributed by atoms with Crippen molar-refractivity contribution in [3.05, 3.63) is 12.2 Å². The highest BCUT2D eigenvalue weighted by Crippen LogP contribution is 2.13.